The van der Waals surface area contributed by atoms with E-state index in [1.165, 1.54) is 0 Å². The molecule has 0 aromatic heterocycles. The topological polar surface area (TPSA) is 114 Å². The first-order chi connectivity index (χ1) is 35.4. The van der Waals surface area contributed by atoms with Crippen LogP contribution in [-0.4, -0.2) is 144 Å². The zero-order valence-corrected chi connectivity index (χ0v) is 36.7. The van der Waals surface area contributed by atoms with Crippen LogP contribution in [0.2, 0.25) is 0 Å². The van der Waals surface area contributed by atoms with Crippen LogP contribution in [0.3, 0.4) is 0 Å². The van der Waals surface area contributed by atoms with E-state index >= 15 is 17.6 Å². The SMILES string of the molecule is CC(=O)OCNC(=O)c1c(N=C=O)c(N=C=O)cc(C)c1C(F)(F)C(F)(F)C(F)(F)C(F)(F)C(F)(F)C(F)(F)C(F)(F)C(F)(F)C(F)(F)C(F)(F)C(F)(F)C(F)(F)C(F)(F)C(F)(F)C(F)(F)C(F)(F)C(F)(F)C(F)(F)C(F)(F)C(F)(F)F. The number of ether oxygens (including phenoxy) is 1. The normalized spacial score (nSPS) is 15.6. The number of aliphatic imine (C=N–C) groups is 2. The van der Waals surface area contributed by atoms with Gasteiger partial charge in [0.05, 0.1) is 5.56 Å². The van der Waals surface area contributed by atoms with Crippen molar-refractivity contribution in [3.63, 3.8) is 0 Å². The van der Waals surface area contributed by atoms with Crippen molar-refractivity contribution in [2.24, 2.45) is 9.98 Å². The maximum atomic E-state index is 15.7. The molecule has 0 radical (unpaired) electrons. The third kappa shape index (κ3) is 9.22. The Labute approximate surface area is 417 Å². The molecule has 1 N–H and O–H groups in total. The summed E-state index contributed by atoms with van der Waals surface area (Å²) in [5.74, 6) is -197. The first kappa shape index (κ1) is 74.1. The van der Waals surface area contributed by atoms with Crippen LogP contribution in [0, 0.1) is 6.92 Å². The number of esters is 1. The monoisotopic (exact) mass is 1310 g/mol. The van der Waals surface area contributed by atoms with Crippen molar-refractivity contribution in [3.05, 3.63) is 22.8 Å². The highest BCUT2D eigenvalue weighted by Crippen LogP contribution is 2.72. The molecule has 0 aliphatic heterocycles. The van der Waals surface area contributed by atoms with Crippen LogP contribution in [-0.2, 0) is 25.0 Å². The Morgan fingerprint density at radius 2 is 0.634 bits per heavy atom. The van der Waals surface area contributed by atoms with Crippen LogP contribution in [0.5, 0.6) is 0 Å². The second-order valence-electron chi connectivity index (χ2n) is 15.4. The third-order valence-corrected chi connectivity index (χ3v) is 10.3. The molecule has 1 rings (SSSR count). The van der Waals surface area contributed by atoms with Gasteiger partial charge in [-0.1, -0.05) is 0 Å². The van der Waals surface area contributed by atoms with Gasteiger partial charge < -0.3 is 10.1 Å². The quantitative estimate of drug-likeness (QED) is 0.0364. The van der Waals surface area contributed by atoms with Crippen LogP contribution in [0.15, 0.2) is 16.1 Å². The molecule has 0 fully saturated rings. The van der Waals surface area contributed by atoms with Crippen molar-refractivity contribution in [1.82, 2.24) is 5.32 Å². The van der Waals surface area contributed by atoms with Crippen LogP contribution < -0.4 is 5.32 Å². The third-order valence-electron chi connectivity index (χ3n) is 10.3. The number of carbonyl (C=O) groups excluding carboxylic acids is 4. The maximum absolute atomic E-state index is 15.7. The summed E-state index contributed by atoms with van der Waals surface area (Å²) in [5, 5.41) is 0.988. The lowest BCUT2D eigenvalue weighted by Crippen LogP contribution is -2.80. The lowest BCUT2D eigenvalue weighted by Gasteiger charge is -2.47. The molecule has 0 aliphatic rings. The van der Waals surface area contributed by atoms with Gasteiger partial charge in [-0.05, 0) is 18.6 Å². The zero-order valence-electron chi connectivity index (χ0n) is 36.7. The van der Waals surface area contributed by atoms with Gasteiger partial charge in [0.15, 0.2) is 6.73 Å². The van der Waals surface area contributed by atoms with E-state index in [2.05, 4.69) is 14.7 Å². The fourth-order valence-electron chi connectivity index (χ4n) is 5.69. The first-order valence-corrected chi connectivity index (χ1v) is 18.4. The lowest BCUT2D eigenvalue weighted by atomic mass is 9.81. The molecular weight excluding hydrogens is 1300 g/mol. The number of alkyl halides is 41. The summed E-state index contributed by atoms with van der Waals surface area (Å²) >= 11 is 0. The standard InChI is InChI=1S/C33H10F41N3O5/c1-7-3-9(75-4-78)12(76-5-79)10(13(81)77-6-82-8(2)80)11(7)14(34,35)15(36,37)16(38,39)17(40,41)18(42,43)19(44,45)20(46,47)21(48,49)22(50,51)23(52,53)24(54,55)25(56,57)26(58,59)27(60,61)28(62,63)29(64,65)30(66,67)31(68,69)32(70,71)33(72,73)74/h3H,6H2,1-2H3,(H,77,81). The van der Waals surface area contributed by atoms with E-state index in [1.54, 1.807) is 0 Å². The van der Waals surface area contributed by atoms with E-state index in [-0.39, 0.29) is 13.0 Å². The number of isocyanates is 2. The molecule has 0 spiro atoms. The molecule has 1 aromatic rings. The highest BCUT2D eigenvalue weighted by Gasteiger charge is 3.03. The summed E-state index contributed by atoms with van der Waals surface area (Å²) in [7, 11) is 0. The highest BCUT2D eigenvalue weighted by molar-refractivity contribution is 6.04. The van der Waals surface area contributed by atoms with Crippen LogP contribution >= 0.6 is 0 Å². The zero-order chi connectivity index (χ0) is 66.7. The largest absolute Gasteiger partial charge is 0.460 e. The number of aryl methyl sites for hydroxylation is 1. The molecule has 0 bridgehead atoms. The van der Waals surface area contributed by atoms with E-state index in [0.29, 0.717) is 13.0 Å². The van der Waals surface area contributed by atoms with Crippen LogP contribution in [0.25, 0.3) is 0 Å². The number of nitrogens with zero attached hydrogens (tertiary/aromatic N) is 2. The summed E-state index contributed by atoms with van der Waals surface area (Å²) in [6.45, 7) is -1.69. The Morgan fingerprint density at radius 1 is 0.402 bits per heavy atom. The van der Waals surface area contributed by atoms with E-state index in [0.717, 1.165) is 5.32 Å². The Balaban J connectivity index is 4.36. The molecule has 0 heterocycles. The van der Waals surface area contributed by atoms with E-state index in [4.69, 9.17) is 0 Å². The Bertz CT molecular complexity index is 2710. The van der Waals surface area contributed by atoms with Gasteiger partial charge in [0.2, 0.25) is 12.2 Å². The second kappa shape index (κ2) is 20.1. The first-order valence-electron chi connectivity index (χ1n) is 18.4. The summed E-state index contributed by atoms with van der Waals surface area (Å²) in [6.07, 6.45) is -7.97. The smallest absolute Gasteiger partial charge is 0.445 e. The molecule has 1 aromatic carbocycles. The van der Waals surface area contributed by atoms with Crippen molar-refractivity contribution in [2.45, 2.75) is 133 Å². The minimum atomic E-state index is -10.7. The summed E-state index contributed by atoms with van der Waals surface area (Å²) < 4.78 is 586. The highest BCUT2D eigenvalue weighted by atomic mass is 19.4. The van der Waals surface area contributed by atoms with Crippen molar-refractivity contribution in [3.8, 4) is 0 Å². The van der Waals surface area contributed by atoms with Crippen LogP contribution in [0.1, 0.15) is 28.4 Å². The number of hydrogen-bond donors (Lipinski definition) is 1. The number of carbonyl (C=O) groups is 2. The minimum absolute atomic E-state index is 0.201. The molecule has 0 saturated heterocycles. The van der Waals surface area contributed by atoms with Gasteiger partial charge in [-0.2, -0.15) is 190 Å². The van der Waals surface area contributed by atoms with E-state index < -0.39 is 171 Å². The summed E-state index contributed by atoms with van der Waals surface area (Å²) in [6, 6.07) is -0.496. The van der Waals surface area contributed by atoms with E-state index in [1.807, 2.05) is 0 Å². The molecule has 0 atom stereocenters. The lowest BCUT2D eigenvalue weighted by molar-refractivity contribution is -0.495. The Kier molecular flexibility index (Phi) is 18.2. The second-order valence-corrected chi connectivity index (χ2v) is 15.4. The number of amides is 1. The predicted molar refractivity (Wildman–Crippen MR) is 170 cm³/mol. The summed E-state index contributed by atoms with van der Waals surface area (Å²) in [4.78, 5) is 50.2. The van der Waals surface area contributed by atoms with Gasteiger partial charge >= 0.3 is 125 Å². The maximum Gasteiger partial charge on any atom is 0.460 e. The number of nitrogens with one attached hydrogen (secondary N) is 1. The van der Waals surface area contributed by atoms with Gasteiger partial charge in [0.1, 0.15) is 11.4 Å². The van der Waals surface area contributed by atoms with Gasteiger partial charge in [0.25, 0.3) is 5.91 Å². The van der Waals surface area contributed by atoms with Gasteiger partial charge in [-0.3, -0.25) is 9.59 Å². The van der Waals surface area contributed by atoms with Gasteiger partial charge in [-0.25, -0.2) is 9.59 Å². The van der Waals surface area contributed by atoms with Gasteiger partial charge in [0, 0.05) is 12.5 Å². The number of halogens is 41. The Hall–Kier alpha value is -5.95. The molecule has 1 amide bonds. The molecule has 0 aliphatic carbocycles. The average Bonchev–Trinajstić information content (AvgIpc) is 3.27. The molecule has 0 unspecified atom stereocenters. The molecule has 82 heavy (non-hydrogen) atoms. The number of benzene rings is 1. The summed E-state index contributed by atoms with van der Waals surface area (Å²) in [5.41, 5.74) is -12.6. The molecule has 8 nitrogen and oxygen atoms in total. The minimum Gasteiger partial charge on any atom is -0.445 e. The molecule has 49 heteroatoms. The van der Waals surface area contributed by atoms with Crippen molar-refractivity contribution in [1.29, 1.82) is 0 Å². The van der Waals surface area contributed by atoms with Crippen molar-refractivity contribution in [2.75, 3.05) is 6.73 Å². The van der Waals surface area contributed by atoms with Crippen LogP contribution in [0.4, 0.5) is 191 Å². The number of hydrogen-bond acceptors (Lipinski definition) is 7. The molecular formula is C33H10F41N3O5. The van der Waals surface area contributed by atoms with E-state index in [9.17, 15) is 182 Å². The number of rotatable bonds is 24. The molecule has 0 saturated carbocycles. The molecule has 474 valence electrons. The van der Waals surface area contributed by atoms with Crippen molar-refractivity contribution < 1.29 is 204 Å². The van der Waals surface area contributed by atoms with Gasteiger partial charge in [-0.15, -0.1) is 0 Å². The average molecular weight is 1310 g/mol. The fraction of sp³-hybridized carbons (Fsp3) is 0.697. The van der Waals surface area contributed by atoms with Crippen molar-refractivity contribution >= 4 is 35.4 Å². The predicted octanol–water partition coefficient (Wildman–Crippen LogP) is 14.3. The fourth-order valence-corrected chi connectivity index (χ4v) is 5.69. The Morgan fingerprint density at radius 3 is 0.854 bits per heavy atom.